The number of carbonyl (C=O) groups excluding carboxylic acids is 2. The highest BCUT2D eigenvalue weighted by Gasteiger charge is 2.24. The lowest BCUT2D eigenvalue weighted by Gasteiger charge is -2.11. The van der Waals surface area contributed by atoms with Crippen LogP contribution >= 0.6 is 0 Å². The van der Waals surface area contributed by atoms with E-state index in [9.17, 15) is 22.8 Å². The van der Waals surface area contributed by atoms with Crippen molar-refractivity contribution in [3.05, 3.63) is 88.4 Å². The van der Waals surface area contributed by atoms with E-state index >= 15 is 0 Å². The third-order valence-corrected chi connectivity index (χ3v) is 5.27. The van der Waals surface area contributed by atoms with Gasteiger partial charge in [0.25, 0.3) is 11.8 Å². The summed E-state index contributed by atoms with van der Waals surface area (Å²) in [5, 5.41) is 5.34. The Morgan fingerprint density at radius 3 is 2.44 bits per heavy atom. The second kappa shape index (κ2) is 8.82. The predicted octanol–water partition coefficient (Wildman–Crippen LogP) is 4.30. The Bertz CT molecular complexity index is 1190. The molecule has 4 rings (SSSR count). The molecule has 0 unspecified atom stereocenters. The molecule has 3 aromatic rings. The van der Waals surface area contributed by atoms with E-state index in [2.05, 4.69) is 15.6 Å². The van der Waals surface area contributed by atoms with Gasteiger partial charge in [-0.15, -0.1) is 0 Å². The minimum Gasteiger partial charge on any atom is -0.349 e. The number of benzene rings is 2. The first-order valence-electron chi connectivity index (χ1n) is 10.1. The van der Waals surface area contributed by atoms with Crippen LogP contribution in [0.2, 0.25) is 0 Å². The van der Waals surface area contributed by atoms with Crippen LogP contribution in [0, 0.1) is 24.4 Å². The maximum atomic E-state index is 14.4. The first kappa shape index (κ1) is 21.5. The predicted molar refractivity (Wildman–Crippen MR) is 112 cm³/mol. The van der Waals surface area contributed by atoms with E-state index in [-0.39, 0.29) is 35.2 Å². The third kappa shape index (κ3) is 4.80. The van der Waals surface area contributed by atoms with Crippen LogP contribution in [0.4, 0.5) is 13.2 Å². The molecule has 32 heavy (non-hydrogen) atoms. The van der Waals surface area contributed by atoms with Crippen LogP contribution in [0.3, 0.4) is 0 Å². The maximum Gasteiger partial charge on any atom is 0.253 e. The van der Waals surface area contributed by atoms with Crippen LogP contribution in [0.1, 0.15) is 44.7 Å². The zero-order valence-corrected chi connectivity index (χ0v) is 17.2. The van der Waals surface area contributed by atoms with Gasteiger partial charge in [-0.3, -0.25) is 14.6 Å². The van der Waals surface area contributed by atoms with Gasteiger partial charge in [0.2, 0.25) is 0 Å². The lowest BCUT2D eigenvalue weighted by Crippen LogP contribution is -2.25. The number of amides is 2. The van der Waals surface area contributed by atoms with Crippen LogP contribution in [-0.2, 0) is 6.54 Å². The van der Waals surface area contributed by atoms with Crippen molar-refractivity contribution in [2.75, 3.05) is 0 Å². The molecule has 1 fully saturated rings. The fourth-order valence-corrected chi connectivity index (χ4v) is 3.22. The van der Waals surface area contributed by atoms with Gasteiger partial charge < -0.3 is 10.6 Å². The maximum absolute atomic E-state index is 14.4. The molecule has 1 aromatic heterocycles. The number of nitrogens with zero attached hydrogens (tertiary/aromatic N) is 1. The van der Waals surface area contributed by atoms with Crippen molar-refractivity contribution >= 4 is 11.8 Å². The van der Waals surface area contributed by atoms with E-state index in [0.29, 0.717) is 16.8 Å². The van der Waals surface area contributed by atoms with Gasteiger partial charge in [0.05, 0.1) is 11.3 Å². The van der Waals surface area contributed by atoms with Gasteiger partial charge in [0.15, 0.2) is 0 Å². The van der Waals surface area contributed by atoms with Gasteiger partial charge in [0.1, 0.15) is 17.5 Å². The summed E-state index contributed by atoms with van der Waals surface area (Å²) in [5.41, 5.74) is 1.60. The highest BCUT2D eigenvalue weighted by atomic mass is 19.1. The van der Waals surface area contributed by atoms with E-state index in [0.717, 1.165) is 31.0 Å². The topological polar surface area (TPSA) is 71.1 Å². The van der Waals surface area contributed by atoms with Gasteiger partial charge in [-0.05, 0) is 67.8 Å². The Hall–Kier alpha value is -3.68. The molecule has 2 aromatic carbocycles. The SMILES string of the molecule is Cc1c(F)cc(C(=O)NC2CC2)cc1-c1ccc(C(=O)NCc2cc(F)ccc2F)cn1. The average Bonchev–Trinajstić information content (AvgIpc) is 3.60. The fourth-order valence-electron chi connectivity index (χ4n) is 3.22. The molecule has 0 aliphatic heterocycles. The van der Waals surface area contributed by atoms with Crippen molar-refractivity contribution in [1.82, 2.24) is 15.6 Å². The Balaban J connectivity index is 1.50. The summed E-state index contributed by atoms with van der Waals surface area (Å²) in [4.78, 5) is 28.9. The molecular formula is C24H20F3N3O2. The number of nitrogens with one attached hydrogen (secondary N) is 2. The number of hydrogen-bond acceptors (Lipinski definition) is 3. The number of aromatic nitrogens is 1. The zero-order valence-electron chi connectivity index (χ0n) is 17.2. The average molecular weight is 439 g/mol. The third-order valence-electron chi connectivity index (χ3n) is 5.27. The molecule has 1 aliphatic rings. The lowest BCUT2D eigenvalue weighted by molar-refractivity contribution is 0.0942. The van der Waals surface area contributed by atoms with Gasteiger partial charge in [-0.25, -0.2) is 13.2 Å². The second-order valence-corrected chi connectivity index (χ2v) is 7.73. The summed E-state index contributed by atoms with van der Waals surface area (Å²) < 4.78 is 41.4. The number of pyridine rings is 1. The van der Waals surface area contributed by atoms with E-state index in [1.54, 1.807) is 19.1 Å². The monoisotopic (exact) mass is 439 g/mol. The molecule has 2 amide bonds. The van der Waals surface area contributed by atoms with Gasteiger partial charge in [-0.1, -0.05) is 0 Å². The van der Waals surface area contributed by atoms with E-state index in [1.807, 2.05) is 0 Å². The zero-order chi connectivity index (χ0) is 22.8. The summed E-state index contributed by atoms with van der Waals surface area (Å²) in [5.74, 6) is -2.61. The molecule has 0 spiro atoms. The quantitative estimate of drug-likeness (QED) is 0.602. The molecule has 1 saturated carbocycles. The lowest BCUT2D eigenvalue weighted by atomic mass is 10.00. The number of hydrogen-bond donors (Lipinski definition) is 2. The van der Waals surface area contributed by atoms with Crippen molar-refractivity contribution in [3.63, 3.8) is 0 Å². The minimum absolute atomic E-state index is 0.0234. The summed E-state index contributed by atoms with van der Waals surface area (Å²) in [6.45, 7) is 1.40. The van der Waals surface area contributed by atoms with Crippen molar-refractivity contribution < 1.29 is 22.8 Å². The van der Waals surface area contributed by atoms with Crippen LogP contribution in [0.15, 0.2) is 48.7 Å². The summed E-state index contributed by atoms with van der Waals surface area (Å²) >= 11 is 0. The first-order chi connectivity index (χ1) is 15.3. The van der Waals surface area contributed by atoms with Crippen LogP contribution in [0.5, 0.6) is 0 Å². The van der Waals surface area contributed by atoms with E-state index in [4.69, 9.17) is 0 Å². The van der Waals surface area contributed by atoms with E-state index in [1.165, 1.54) is 18.3 Å². The highest BCUT2D eigenvalue weighted by molar-refractivity contribution is 5.96. The molecule has 0 atom stereocenters. The molecule has 8 heteroatoms. The smallest absolute Gasteiger partial charge is 0.253 e. The second-order valence-electron chi connectivity index (χ2n) is 7.73. The molecule has 2 N–H and O–H groups in total. The van der Waals surface area contributed by atoms with Crippen molar-refractivity contribution in [2.45, 2.75) is 32.4 Å². The molecule has 164 valence electrons. The number of carbonyl (C=O) groups is 2. The molecule has 1 aliphatic carbocycles. The molecular weight excluding hydrogens is 419 g/mol. The molecule has 1 heterocycles. The summed E-state index contributed by atoms with van der Waals surface area (Å²) in [6.07, 6.45) is 3.15. The van der Waals surface area contributed by atoms with Crippen LogP contribution in [-0.4, -0.2) is 22.8 Å². The van der Waals surface area contributed by atoms with Gasteiger partial charge in [-0.2, -0.15) is 0 Å². The van der Waals surface area contributed by atoms with Gasteiger partial charge in [0, 0.05) is 35.5 Å². The highest BCUT2D eigenvalue weighted by Crippen LogP contribution is 2.27. The van der Waals surface area contributed by atoms with Crippen molar-refractivity contribution in [1.29, 1.82) is 0 Å². The Kier molecular flexibility index (Phi) is 5.94. The summed E-state index contributed by atoms with van der Waals surface area (Å²) in [6, 6.07) is 8.96. The van der Waals surface area contributed by atoms with Crippen LogP contribution in [0.25, 0.3) is 11.3 Å². The summed E-state index contributed by atoms with van der Waals surface area (Å²) in [7, 11) is 0. The normalized spacial score (nSPS) is 13.0. The standard InChI is InChI=1S/C24H20F3N3O2/c1-13-19(9-15(10-21(13)27)24(32)30-18-4-5-18)22-7-2-14(11-28-22)23(31)29-12-16-8-17(25)3-6-20(16)26/h2-3,6-11,18H,4-5,12H2,1H3,(H,29,31)(H,30,32). The fraction of sp³-hybridized carbons (Fsp3) is 0.208. The molecule has 0 bridgehead atoms. The van der Waals surface area contributed by atoms with Crippen molar-refractivity contribution in [2.24, 2.45) is 0 Å². The van der Waals surface area contributed by atoms with E-state index < -0.39 is 23.4 Å². The van der Waals surface area contributed by atoms with Crippen molar-refractivity contribution in [3.8, 4) is 11.3 Å². The van der Waals surface area contributed by atoms with Gasteiger partial charge >= 0.3 is 0 Å². The molecule has 5 nitrogen and oxygen atoms in total. The first-order valence-corrected chi connectivity index (χ1v) is 10.1. The Morgan fingerprint density at radius 1 is 0.969 bits per heavy atom. The molecule has 0 radical (unpaired) electrons. The minimum atomic E-state index is -0.622. The Morgan fingerprint density at radius 2 is 1.75 bits per heavy atom. The van der Waals surface area contributed by atoms with Crippen LogP contribution < -0.4 is 10.6 Å². The Labute approximate surface area is 182 Å². The number of rotatable bonds is 6. The molecule has 0 saturated heterocycles. The largest absolute Gasteiger partial charge is 0.349 e. The number of halogens is 3.